The van der Waals surface area contributed by atoms with Gasteiger partial charge in [-0.3, -0.25) is 9.63 Å². The van der Waals surface area contributed by atoms with Crippen LogP contribution in [0.4, 0.5) is 0 Å². The van der Waals surface area contributed by atoms with Gasteiger partial charge in [-0.05, 0) is 31.2 Å². The highest BCUT2D eigenvalue weighted by Gasteiger charge is 2.14. The highest BCUT2D eigenvalue weighted by Crippen LogP contribution is 2.15. The van der Waals surface area contributed by atoms with Crippen LogP contribution in [0, 0.1) is 0 Å². The summed E-state index contributed by atoms with van der Waals surface area (Å²) in [7, 11) is -2.38. The van der Waals surface area contributed by atoms with E-state index in [9.17, 15) is 13.2 Å². The molecule has 1 amide bonds. The van der Waals surface area contributed by atoms with Crippen LogP contribution >= 0.6 is 0 Å². The van der Waals surface area contributed by atoms with E-state index in [1.165, 1.54) is 31.3 Å². The normalized spacial score (nSPS) is 11.1. The lowest BCUT2D eigenvalue weighted by molar-refractivity contribution is -0.126. The van der Waals surface area contributed by atoms with Gasteiger partial charge in [0.1, 0.15) is 12.4 Å². The minimum absolute atomic E-state index is 0.0212. The molecule has 0 saturated heterocycles. The second kappa shape index (κ2) is 7.07. The van der Waals surface area contributed by atoms with Crippen molar-refractivity contribution in [2.24, 2.45) is 0 Å². The Labute approximate surface area is 111 Å². The highest BCUT2D eigenvalue weighted by molar-refractivity contribution is 7.89. The summed E-state index contributed by atoms with van der Waals surface area (Å²) in [4.78, 5) is 17.3. The molecule has 1 rings (SSSR count). The molecule has 0 unspecified atom stereocenters. The minimum atomic E-state index is -3.80. The Balaban J connectivity index is 2.64. The van der Waals surface area contributed by atoms with Gasteiger partial charge in [0.15, 0.2) is 0 Å². The van der Waals surface area contributed by atoms with E-state index < -0.39 is 22.5 Å². The van der Waals surface area contributed by atoms with Gasteiger partial charge in [-0.15, -0.1) is 0 Å². The molecule has 7 nitrogen and oxygen atoms in total. The number of likely N-dealkylation sites (N-methyl/N-ethyl adjacent to an activating group) is 1. The zero-order chi connectivity index (χ0) is 14.3. The molecular formula is C11H16N2O5S. The summed E-state index contributed by atoms with van der Waals surface area (Å²) in [6.45, 7) is 1.94. The van der Waals surface area contributed by atoms with Gasteiger partial charge in [0.05, 0.1) is 11.5 Å². The SMILES string of the molecule is CCOc1ccc(S(=O)(=O)NOCC(=O)NC)cc1. The van der Waals surface area contributed by atoms with Gasteiger partial charge in [0.2, 0.25) is 5.91 Å². The number of carbonyl (C=O) groups excluding carboxylic acids is 1. The molecule has 0 saturated carbocycles. The largest absolute Gasteiger partial charge is 0.494 e. The topological polar surface area (TPSA) is 93.7 Å². The van der Waals surface area contributed by atoms with E-state index in [1.807, 2.05) is 11.8 Å². The van der Waals surface area contributed by atoms with Crippen LogP contribution in [0.2, 0.25) is 0 Å². The molecule has 0 fully saturated rings. The van der Waals surface area contributed by atoms with E-state index >= 15 is 0 Å². The van der Waals surface area contributed by atoms with Crippen LogP contribution in [0.5, 0.6) is 5.75 Å². The van der Waals surface area contributed by atoms with Gasteiger partial charge in [0.25, 0.3) is 10.0 Å². The molecule has 19 heavy (non-hydrogen) atoms. The third-order valence-corrected chi connectivity index (χ3v) is 3.33. The van der Waals surface area contributed by atoms with Crippen LogP contribution in [0.15, 0.2) is 29.2 Å². The van der Waals surface area contributed by atoms with Crippen LogP contribution < -0.4 is 14.9 Å². The van der Waals surface area contributed by atoms with Crippen LogP contribution in [0.25, 0.3) is 0 Å². The molecule has 0 atom stereocenters. The standard InChI is InChI=1S/C11H16N2O5S/c1-3-17-9-4-6-10(7-5-9)19(15,16)13-18-8-11(14)12-2/h4-7,13H,3,8H2,1-2H3,(H,12,14). The first-order chi connectivity index (χ1) is 8.99. The summed E-state index contributed by atoms with van der Waals surface area (Å²) < 4.78 is 28.7. The molecule has 0 aliphatic rings. The fourth-order valence-corrected chi connectivity index (χ4v) is 1.98. The fourth-order valence-electron chi connectivity index (χ4n) is 1.17. The Kier molecular flexibility index (Phi) is 5.74. The number of carbonyl (C=O) groups is 1. The minimum Gasteiger partial charge on any atom is -0.494 e. The van der Waals surface area contributed by atoms with E-state index in [4.69, 9.17) is 4.74 Å². The number of sulfonamides is 1. The molecule has 0 aliphatic carbocycles. The molecule has 0 aliphatic heterocycles. The van der Waals surface area contributed by atoms with Crippen molar-refractivity contribution in [3.8, 4) is 5.75 Å². The quantitative estimate of drug-likeness (QED) is 0.691. The van der Waals surface area contributed by atoms with Crippen molar-refractivity contribution in [1.82, 2.24) is 10.2 Å². The zero-order valence-corrected chi connectivity index (χ0v) is 11.5. The Morgan fingerprint density at radius 2 is 1.89 bits per heavy atom. The summed E-state index contributed by atoms with van der Waals surface area (Å²) >= 11 is 0. The predicted molar refractivity (Wildman–Crippen MR) is 68.0 cm³/mol. The molecular weight excluding hydrogens is 272 g/mol. The third-order valence-electron chi connectivity index (χ3n) is 2.10. The predicted octanol–water partition coefficient (Wildman–Crippen LogP) is 0.0412. The van der Waals surface area contributed by atoms with Crippen LogP contribution in [-0.2, 0) is 19.7 Å². The van der Waals surface area contributed by atoms with Crippen LogP contribution in [0.1, 0.15) is 6.92 Å². The lowest BCUT2D eigenvalue weighted by Gasteiger charge is -2.07. The molecule has 106 valence electrons. The number of ether oxygens (including phenoxy) is 1. The van der Waals surface area contributed by atoms with Crippen LogP contribution in [0.3, 0.4) is 0 Å². The van der Waals surface area contributed by atoms with Gasteiger partial charge < -0.3 is 10.1 Å². The van der Waals surface area contributed by atoms with Gasteiger partial charge in [0, 0.05) is 7.05 Å². The number of hydrogen-bond acceptors (Lipinski definition) is 5. The first-order valence-corrected chi connectivity index (χ1v) is 7.05. The molecule has 0 spiro atoms. The maximum atomic E-state index is 11.8. The number of benzene rings is 1. The van der Waals surface area contributed by atoms with Crippen molar-refractivity contribution in [3.63, 3.8) is 0 Å². The van der Waals surface area contributed by atoms with E-state index in [1.54, 1.807) is 0 Å². The van der Waals surface area contributed by atoms with Gasteiger partial charge in [-0.2, -0.15) is 0 Å². The first-order valence-electron chi connectivity index (χ1n) is 5.56. The van der Waals surface area contributed by atoms with E-state index in [0.717, 1.165) is 0 Å². The summed E-state index contributed by atoms with van der Waals surface area (Å²) in [5.41, 5.74) is 0. The van der Waals surface area contributed by atoms with E-state index in [2.05, 4.69) is 10.2 Å². The average Bonchev–Trinajstić information content (AvgIpc) is 2.39. The molecule has 2 N–H and O–H groups in total. The molecule has 0 bridgehead atoms. The van der Waals surface area contributed by atoms with Crippen molar-refractivity contribution >= 4 is 15.9 Å². The third kappa shape index (κ3) is 4.86. The van der Waals surface area contributed by atoms with E-state index in [0.29, 0.717) is 12.4 Å². The number of rotatable bonds is 7. The molecule has 0 heterocycles. The summed E-state index contributed by atoms with van der Waals surface area (Å²) in [6, 6.07) is 5.85. The zero-order valence-electron chi connectivity index (χ0n) is 10.7. The van der Waals surface area contributed by atoms with Crippen LogP contribution in [-0.4, -0.2) is 34.6 Å². The second-order valence-electron chi connectivity index (χ2n) is 3.45. The van der Waals surface area contributed by atoms with Gasteiger partial charge >= 0.3 is 0 Å². The fraction of sp³-hybridized carbons (Fsp3) is 0.364. The molecule has 1 aromatic carbocycles. The lowest BCUT2D eigenvalue weighted by Crippen LogP contribution is -2.31. The monoisotopic (exact) mass is 288 g/mol. The summed E-state index contributed by atoms with van der Waals surface area (Å²) in [5, 5.41) is 2.30. The van der Waals surface area contributed by atoms with Gasteiger partial charge in [-0.25, -0.2) is 8.42 Å². The Bertz CT molecular complexity index is 512. The van der Waals surface area contributed by atoms with Crippen molar-refractivity contribution in [2.45, 2.75) is 11.8 Å². The number of amides is 1. The average molecular weight is 288 g/mol. The molecule has 1 aromatic rings. The molecule has 0 aromatic heterocycles. The van der Waals surface area contributed by atoms with Crippen molar-refractivity contribution in [1.29, 1.82) is 0 Å². The summed E-state index contributed by atoms with van der Waals surface area (Å²) in [6.07, 6.45) is 0. The highest BCUT2D eigenvalue weighted by atomic mass is 32.2. The Morgan fingerprint density at radius 3 is 2.42 bits per heavy atom. The molecule has 0 radical (unpaired) electrons. The smallest absolute Gasteiger partial charge is 0.262 e. The number of nitrogens with one attached hydrogen (secondary N) is 2. The maximum absolute atomic E-state index is 11.8. The van der Waals surface area contributed by atoms with E-state index in [-0.39, 0.29) is 4.90 Å². The first kappa shape index (κ1) is 15.4. The Hall–Kier alpha value is -1.64. The van der Waals surface area contributed by atoms with Crippen molar-refractivity contribution in [3.05, 3.63) is 24.3 Å². The summed E-state index contributed by atoms with van der Waals surface area (Å²) in [5.74, 6) is 0.141. The number of hydrogen-bond donors (Lipinski definition) is 2. The second-order valence-corrected chi connectivity index (χ2v) is 5.10. The maximum Gasteiger partial charge on any atom is 0.262 e. The van der Waals surface area contributed by atoms with Gasteiger partial charge in [-0.1, -0.05) is 4.89 Å². The van der Waals surface area contributed by atoms with Crippen molar-refractivity contribution < 1.29 is 22.8 Å². The Morgan fingerprint density at radius 1 is 1.26 bits per heavy atom. The lowest BCUT2D eigenvalue weighted by atomic mass is 10.3. The van der Waals surface area contributed by atoms with Crippen molar-refractivity contribution in [2.75, 3.05) is 20.3 Å². The molecule has 8 heteroatoms.